The Morgan fingerprint density at radius 1 is 1.37 bits per heavy atom. The van der Waals surface area contributed by atoms with Gasteiger partial charge in [-0.2, -0.15) is 0 Å². The lowest BCUT2D eigenvalue weighted by Gasteiger charge is -2.31. The second-order valence-corrected chi connectivity index (χ2v) is 8.65. The highest BCUT2D eigenvalue weighted by atomic mass is 35.5. The topological polar surface area (TPSA) is 77.5 Å². The molecule has 146 valence electrons. The van der Waals surface area contributed by atoms with E-state index in [4.69, 9.17) is 21.1 Å². The molecule has 3 rings (SSSR count). The number of benzene rings is 1. The quantitative estimate of drug-likeness (QED) is 0.786. The summed E-state index contributed by atoms with van der Waals surface area (Å²) in [6, 6.07) is 7.68. The van der Waals surface area contributed by atoms with Gasteiger partial charge >= 0.3 is 0 Å². The van der Waals surface area contributed by atoms with E-state index in [9.17, 15) is 12.8 Å². The third-order valence-corrected chi connectivity index (χ3v) is 5.20. The van der Waals surface area contributed by atoms with Crippen molar-refractivity contribution in [2.75, 3.05) is 26.1 Å². The highest BCUT2D eigenvalue weighted by Gasteiger charge is 2.29. The van der Waals surface area contributed by atoms with Gasteiger partial charge in [0.2, 0.25) is 10.0 Å². The standard InChI is InChI=1S/C18H20ClFN2O4S/c1-27(23,24)22-17-6-7-25-10-13(17)11-26-18-5-2-12(8-15(18)20)16-4-3-14(19)9-21-16/h2-5,8-9,13,17,22H,6-7,10-11H2,1H3. The second-order valence-electron chi connectivity index (χ2n) is 6.44. The number of aromatic nitrogens is 1. The van der Waals surface area contributed by atoms with Crippen molar-refractivity contribution in [2.24, 2.45) is 5.92 Å². The number of pyridine rings is 1. The van der Waals surface area contributed by atoms with Crippen LogP contribution in [0.25, 0.3) is 11.3 Å². The summed E-state index contributed by atoms with van der Waals surface area (Å²) in [7, 11) is -3.34. The summed E-state index contributed by atoms with van der Waals surface area (Å²) >= 11 is 5.81. The molecule has 1 aromatic heterocycles. The first-order valence-electron chi connectivity index (χ1n) is 8.41. The highest BCUT2D eigenvalue weighted by molar-refractivity contribution is 7.88. The molecule has 1 N–H and O–H groups in total. The Bertz CT molecular complexity index is 893. The maximum Gasteiger partial charge on any atom is 0.208 e. The van der Waals surface area contributed by atoms with Gasteiger partial charge in [0.15, 0.2) is 11.6 Å². The molecule has 0 spiro atoms. The summed E-state index contributed by atoms with van der Waals surface area (Å²) in [4.78, 5) is 4.16. The van der Waals surface area contributed by atoms with Crippen molar-refractivity contribution in [3.8, 4) is 17.0 Å². The maximum absolute atomic E-state index is 14.4. The molecule has 2 unspecified atom stereocenters. The van der Waals surface area contributed by atoms with Crippen LogP contribution in [0.4, 0.5) is 4.39 Å². The highest BCUT2D eigenvalue weighted by Crippen LogP contribution is 2.26. The first-order valence-corrected chi connectivity index (χ1v) is 10.7. The van der Waals surface area contributed by atoms with Crippen molar-refractivity contribution in [1.82, 2.24) is 9.71 Å². The Hall–Kier alpha value is -1.74. The van der Waals surface area contributed by atoms with E-state index in [1.165, 1.54) is 18.3 Å². The van der Waals surface area contributed by atoms with Crippen LogP contribution in [0, 0.1) is 11.7 Å². The molecular formula is C18H20ClFN2O4S. The minimum Gasteiger partial charge on any atom is -0.490 e. The number of nitrogens with one attached hydrogen (secondary N) is 1. The number of sulfonamides is 1. The predicted molar refractivity (Wildman–Crippen MR) is 101 cm³/mol. The summed E-state index contributed by atoms with van der Waals surface area (Å²) in [5, 5.41) is 0.506. The van der Waals surface area contributed by atoms with Gasteiger partial charge in [-0.05, 0) is 36.8 Å². The fourth-order valence-corrected chi connectivity index (χ4v) is 3.88. The van der Waals surface area contributed by atoms with Gasteiger partial charge in [0.1, 0.15) is 0 Å². The van der Waals surface area contributed by atoms with Gasteiger partial charge in [-0.15, -0.1) is 0 Å². The van der Waals surface area contributed by atoms with E-state index in [0.717, 1.165) is 6.26 Å². The largest absolute Gasteiger partial charge is 0.490 e. The zero-order chi connectivity index (χ0) is 19.4. The molecule has 0 radical (unpaired) electrons. The van der Waals surface area contributed by atoms with Crippen LogP contribution < -0.4 is 9.46 Å². The minimum absolute atomic E-state index is 0.0939. The Morgan fingerprint density at radius 3 is 2.85 bits per heavy atom. The zero-order valence-electron chi connectivity index (χ0n) is 14.7. The Balaban J connectivity index is 1.67. The molecule has 2 aromatic rings. The smallest absolute Gasteiger partial charge is 0.208 e. The molecule has 1 aliphatic rings. The van der Waals surface area contributed by atoms with Crippen molar-refractivity contribution in [2.45, 2.75) is 12.5 Å². The second kappa shape index (κ2) is 8.52. The van der Waals surface area contributed by atoms with E-state index in [-0.39, 0.29) is 24.3 Å². The van der Waals surface area contributed by atoms with E-state index >= 15 is 0 Å². The predicted octanol–water partition coefficient (Wildman–Crippen LogP) is 2.87. The summed E-state index contributed by atoms with van der Waals surface area (Å²) in [5.41, 5.74) is 1.21. The van der Waals surface area contributed by atoms with Crippen molar-refractivity contribution in [3.05, 3.63) is 47.4 Å². The van der Waals surface area contributed by atoms with E-state index < -0.39 is 15.8 Å². The van der Waals surface area contributed by atoms with Crippen LogP contribution in [0.1, 0.15) is 6.42 Å². The van der Waals surface area contributed by atoms with Gasteiger partial charge in [-0.3, -0.25) is 4.98 Å². The number of rotatable bonds is 6. The molecule has 1 aliphatic heterocycles. The zero-order valence-corrected chi connectivity index (χ0v) is 16.3. The molecule has 1 aromatic carbocycles. The maximum atomic E-state index is 14.4. The summed E-state index contributed by atoms with van der Waals surface area (Å²) in [6.45, 7) is 0.963. The average Bonchev–Trinajstić information content (AvgIpc) is 2.61. The Labute approximate surface area is 162 Å². The van der Waals surface area contributed by atoms with E-state index in [0.29, 0.717) is 35.9 Å². The van der Waals surface area contributed by atoms with Gasteiger partial charge in [0, 0.05) is 30.3 Å². The lowest BCUT2D eigenvalue weighted by atomic mass is 9.98. The van der Waals surface area contributed by atoms with Crippen molar-refractivity contribution < 1.29 is 22.3 Å². The van der Waals surface area contributed by atoms with Gasteiger partial charge in [-0.25, -0.2) is 17.5 Å². The van der Waals surface area contributed by atoms with Gasteiger partial charge in [0.25, 0.3) is 0 Å². The fourth-order valence-electron chi connectivity index (χ4n) is 2.91. The minimum atomic E-state index is -3.34. The molecule has 0 bridgehead atoms. The van der Waals surface area contributed by atoms with Crippen molar-refractivity contribution in [1.29, 1.82) is 0 Å². The number of hydrogen-bond acceptors (Lipinski definition) is 5. The Kier molecular flexibility index (Phi) is 6.31. The van der Waals surface area contributed by atoms with Crippen LogP contribution in [0.15, 0.2) is 36.5 Å². The first kappa shape index (κ1) is 20.0. The molecule has 6 nitrogen and oxygen atoms in total. The van der Waals surface area contributed by atoms with Crippen LogP contribution in [0.2, 0.25) is 5.02 Å². The lowest BCUT2D eigenvalue weighted by Crippen LogP contribution is -2.47. The van der Waals surface area contributed by atoms with E-state index in [1.54, 1.807) is 18.2 Å². The average molecular weight is 415 g/mol. The number of nitrogens with zero attached hydrogens (tertiary/aromatic N) is 1. The molecule has 1 saturated heterocycles. The molecule has 27 heavy (non-hydrogen) atoms. The summed E-state index contributed by atoms with van der Waals surface area (Å²) in [6.07, 6.45) is 3.16. The number of ether oxygens (including phenoxy) is 2. The Morgan fingerprint density at radius 2 is 2.19 bits per heavy atom. The van der Waals surface area contributed by atoms with E-state index in [1.807, 2.05) is 0 Å². The molecule has 0 saturated carbocycles. The van der Waals surface area contributed by atoms with Crippen LogP contribution >= 0.6 is 11.6 Å². The number of halogens is 2. The van der Waals surface area contributed by atoms with Gasteiger partial charge in [-0.1, -0.05) is 11.6 Å². The summed E-state index contributed by atoms with van der Waals surface area (Å²) in [5.74, 6) is -0.629. The third-order valence-electron chi connectivity index (χ3n) is 4.25. The monoisotopic (exact) mass is 414 g/mol. The SMILES string of the molecule is CS(=O)(=O)NC1CCOCC1COc1ccc(-c2ccc(Cl)cn2)cc1F. The molecular weight excluding hydrogens is 395 g/mol. The van der Waals surface area contributed by atoms with Crippen molar-refractivity contribution >= 4 is 21.6 Å². The van der Waals surface area contributed by atoms with Crippen molar-refractivity contribution in [3.63, 3.8) is 0 Å². The van der Waals surface area contributed by atoms with Crippen LogP contribution in [-0.2, 0) is 14.8 Å². The van der Waals surface area contributed by atoms with Crippen LogP contribution in [0.5, 0.6) is 5.75 Å². The fraction of sp³-hybridized carbons (Fsp3) is 0.389. The third kappa shape index (κ3) is 5.62. The number of hydrogen-bond donors (Lipinski definition) is 1. The molecule has 1 fully saturated rings. The van der Waals surface area contributed by atoms with Crippen LogP contribution in [0.3, 0.4) is 0 Å². The van der Waals surface area contributed by atoms with E-state index in [2.05, 4.69) is 9.71 Å². The summed E-state index contributed by atoms with van der Waals surface area (Å²) < 4.78 is 51.0. The van der Waals surface area contributed by atoms with Gasteiger partial charge in [0.05, 0.1) is 30.2 Å². The lowest BCUT2D eigenvalue weighted by molar-refractivity contribution is 0.0181. The molecule has 0 amide bonds. The molecule has 0 aliphatic carbocycles. The van der Waals surface area contributed by atoms with Crippen LogP contribution in [-0.4, -0.2) is 45.5 Å². The molecule has 2 atom stereocenters. The van der Waals surface area contributed by atoms with Gasteiger partial charge < -0.3 is 9.47 Å². The first-order chi connectivity index (χ1) is 12.8. The normalized spacial score (nSPS) is 20.4. The molecule has 9 heteroatoms. The molecule has 2 heterocycles.